The standard InChI is InChI=1S/C22H17ClN4O/c1-15-10-12-17(13-11-15)27-21(28)18-7-3-5-9-20(18)25-22(27)26-24-14-16-6-2-4-8-19(16)23/h2-14H,1H3,(H,25,26)/b24-14-. The van der Waals surface area contributed by atoms with Crippen LogP contribution in [0.2, 0.25) is 5.02 Å². The van der Waals surface area contributed by atoms with E-state index in [4.69, 9.17) is 11.6 Å². The van der Waals surface area contributed by atoms with Gasteiger partial charge in [-0.15, -0.1) is 0 Å². The Morgan fingerprint density at radius 2 is 1.71 bits per heavy atom. The van der Waals surface area contributed by atoms with Gasteiger partial charge in [-0.05, 0) is 37.3 Å². The average molecular weight is 389 g/mol. The van der Waals surface area contributed by atoms with Crippen LogP contribution < -0.4 is 11.0 Å². The highest BCUT2D eigenvalue weighted by Crippen LogP contribution is 2.17. The van der Waals surface area contributed by atoms with E-state index in [0.29, 0.717) is 27.6 Å². The predicted octanol–water partition coefficient (Wildman–Crippen LogP) is 4.79. The van der Waals surface area contributed by atoms with E-state index in [-0.39, 0.29) is 5.56 Å². The Morgan fingerprint density at radius 3 is 2.50 bits per heavy atom. The van der Waals surface area contributed by atoms with Crippen LogP contribution in [0.15, 0.2) is 82.7 Å². The summed E-state index contributed by atoms with van der Waals surface area (Å²) in [5.74, 6) is 0.329. The number of hydrogen-bond donors (Lipinski definition) is 1. The summed E-state index contributed by atoms with van der Waals surface area (Å²) < 4.78 is 1.52. The van der Waals surface area contributed by atoms with Gasteiger partial charge in [0.2, 0.25) is 5.95 Å². The van der Waals surface area contributed by atoms with Gasteiger partial charge >= 0.3 is 0 Å². The van der Waals surface area contributed by atoms with Gasteiger partial charge in [0.25, 0.3) is 5.56 Å². The minimum atomic E-state index is -0.162. The number of nitrogens with zero attached hydrogens (tertiary/aromatic N) is 3. The second-order valence-electron chi connectivity index (χ2n) is 6.32. The van der Waals surface area contributed by atoms with Gasteiger partial charge in [-0.3, -0.25) is 4.79 Å². The van der Waals surface area contributed by atoms with Crippen LogP contribution in [-0.2, 0) is 0 Å². The van der Waals surface area contributed by atoms with Gasteiger partial charge < -0.3 is 0 Å². The molecule has 1 heterocycles. The Balaban J connectivity index is 1.82. The molecule has 0 aliphatic carbocycles. The third-order valence-electron chi connectivity index (χ3n) is 4.34. The normalized spacial score (nSPS) is 11.2. The summed E-state index contributed by atoms with van der Waals surface area (Å²) >= 11 is 6.16. The van der Waals surface area contributed by atoms with Crippen molar-refractivity contribution in [3.8, 4) is 5.69 Å². The van der Waals surface area contributed by atoms with E-state index in [1.54, 1.807) is 24.4 Å². The Kier molecular flexibility index (Phi) is 4.91. The quantitative estimate of drug-likeness (QED) is 0.403. The van der Waals surface area contributed by atoms with E-state index in [2.05, 4.69) is 15.5 Å². The topological polar surface area (TPSA) is 59.3 Å². The monoisotopic (exact) mass is 388 g/mol. The average Bonchev–Trinajstić information content (AvgIpc) is 2.71. The summed E-state index contributed by atoms with van der Waals surface area (Å²) in [6.45, 7) is 2.00. The van der Waals surface area contributed by atoms with Gasteiger partial charge in [0.15, 0.2) is 0 Å². The van der Waals surface area contributed by atoms with Crippen molar-refractivity contribution in [2.75, 3.05) is 5.43 Å². The van der Waals surface area contributed by atoms with Crippen molar-refractivity contribution >= 4 is 34.7 Å². The minimum absolute atomic E-state index is 0.162. The van der Waals surface area contributed by atoms with Crippen LogP contribution in [0.25, 0.3) is 16.6 Å². The summed E-state index contributed by atoms with van der Waals surface area (Å²) in [5.41, 5.74) is 5.92. The summed E-state index contributed by atoms with van der Waals surface area (Å²) in [5, 5.41) is 5.38. The molecule has 4 aromatic rings. The molecule has 1 N–H and O–H groups in total. The lowest BCUT2D eigenvalue weighted by Crippen LogP contribution is -2.22. The van der Waals surface area contributed by atoms with E-state index >= 15 is 0 Å². The van der Waals surface area contributed by atoms with Crippen LogP contribution in [0.1, 0.15) is 11.1 Å². The number of hydrazone groups is 1. The summed E-state index contributed by atoms with van der Waals surface area (Å²) in [6.07, 6.45) is 1.60. The van der Waals surface area contributed by atoms with Gasteiger partial charge in [0.05, 0.1) is 22.8 Å². The van der Waals surface area contributed by atoms with Crippen LogP contribution in [-0.4, -0.2) is 15.8 Å². The Hall–Kier alpha value is -3.44. The molecule has 0 atom stereocenters. The zero-order valence-corrected chi connectivity index (χ0v) is 15.9. The van der Waals surface area contributed by atoms with Crippen molar-refractivity contribution in [3.63, 3.8) is 0 Å². The fraction of sp³-hybridized carbons (Fsp3) is 0.0455. The molecule has 28 heavy (non-hydrogen) atoms. The Bertz CT molecular complexity index is 1230. The minimum Gasteiger partial charge on any atom is -0.268 e. The van der Waals surface area contributed by atoms with Gasteiger partial charge in [-0.1, -0.05) is 59.6 Å². The van der Waals surface area contributed by atoms with Crippen molar-refractivity contribution in [2.24, 2.45) is 5.10 Å². The molecule has 0 aliphatic heterocycles. The van der Waals surface area contributed by atoms with E-state index in [9.17, 15) is 4.79 Å². The first-order valence-corrected chi connectivity index (χ1v) is 9.14. The SMILES string of the molecule is Cc1ccc(-n2c(N/N=C\c3ccccc3Cl)nc3ccccc3c2=O)cc1. The van der Waals surface area contributed by atoms with Crippen LogP contribution in [0.4, 0.5) is 5.95 Å². The third kappa shape index (κ3) is 3.52. The number of aryl methyl sites for hydroxylation is 1. The molecule has 6 heteroatoms. The molecule has 0 bridgehead atoms. The molecule has 0 fully saturated rings. The molecular weight excluding hydrogens is 372 g/mol. The molecule has 0 spiro atoms. The summed E-state index contributed by atoms with van der Waals surface area (Å²) in [4.78, 5) is 17.7. The lowest BCUT2D eigenvalue weighted by molar-refractivity contribution is 0.956. The van der Waals surface area contributed by atoms with E-state index in [1.807, 2.05) is 61.5 Å². The first kappa shape index (κ1) is 17.9. The molecule has 0 unspecified atom stereocenters. The molecule has 4 rings (SSSR count). The van der Waals surface area contributed by atoms with Crippen molar-refractivity contribution in [1.29, 1.82) is 0 Å². The van der Waals surface area contributed by atoms with E-state index < -0.39 is 0 Å². The number of anilines is 1. The Morgan fingerprint density at radius 1 is 1.00 bits per heavy atom. The van der Waals surface area contributed by atoms with Crippen molar-refractivity contribution in [2.45, 2.75) is 6.92 Å². The third-order valence-corrected chi connectivity index (χ3v) is 4.69. The van der Waals surface area contributed by atoms with Gasteiger partial charge in [0, 0.05) is 10.6 Å². The number of rotatable bonds is 4. The number of hydrogen-bond acceptors (Lipinski definition) is 4. The number of benzene rings is 3. The fourth-order valence-electron chi connectivity index (χ4n) is 2.88. The molecule has 0 aliphatic rings. The molecule has 0 amide bonds. The van der Waals surface area contributed by atoms with Crippen LogP contribution in [0.3, 0.4) is 0 Å². The number of nitrogens with one attached hydrogen (secondary N) is 1. The molecular formula is C22H17ClN4O. The maximum Gasteiger partial charge on any atom is 0.267 e. The molecule has 3 aromatic carbocycles. The molecule has 1 aromatic heterocycles. The van der Waals surface area contributed by atoms with Gasteiger partial charge in [0.1, 0.15) is 0 Å². The largest absolute Gasteiger partial charge is 0.268 e. The molecule has 0 saturated carbocycles. The molecule has 0 radical (unpaired) electrons. The maximum atomic E-state index is 13.1. The number of para-hydroxylation sites is 1. The number of fused-ring (bicyclic) bond motifs is 1. The highest BCUT2D eigenvalue weighted by molar-refractivity contribution is 6.33. The second kappa shape index (κ2) is 7.66. The van der Waals surface area contributed by atoms with Crippen LogP contribution in [0.5, 0.6) is 0 Å². The Labute approximate surface area is 166 Å². The zero-order valence-electron chi connectivity index (χ0n) is 15.1. The summed E-state index contributed by atoms with van der Waals surface area (Å²) in [6, 6.07) is 22.3. The lowest BCUT2D eigenvalue weighted by atomic mass is 10.2. The molecule has 138 valence electrons. The van der Waals surface area contributed by atoms with Crippen molar-refractivity contribution in [3.05, 3.63) is 99.3 Å². The number of halogens is 1. The first-order chi connectivity index (χ1) is 13.6. The van der Waals surface area contributed by atoms with Gasteiger partial charge in [-0.25, -0.2) is 15.0 Å². The van der Waals surface area contributed by atoms with E-state index in [1.165, 1.54) is 4.57 Å². The van der Waals surface area contributed by atoms with Crippen molar-refractivity contribution < 1.29 is 0 Å². The zero-order chi connectivity index (χ0) is 19.5. The predicted molar refractivity (Wildman–Crippen MR) is 115 cm³/mol. The lowest BCUT2D eigenvalue weighted by Gasteiger charge is -2.13. The van der Waals surface area contributed by atoms with Crippen LogP contribution in [0, 0.1) is 6.92 Å². The smallest absolute Gasteiger partial charge is 0.267 e. The van der Waals surface area contributed by atoms with Gasteiger partial charge in [-0.2, -0.15) is 5.10 Å². The highest BCUT2D eigenvalue weighted by atomic mass is 35.5. The maximum absolute atomic E-state index is 13.1. The number of aromatic nitrogens is 2. The van der Waals surface area contributed by atoms with Crippen molar-refractivity contribution in [1.82, 2.24) is 9.55 Å². The molecule has 5 nitrogen and oxygen atoms in total. The van der Waals surface area contributed by atoms with Crippen LogP contribution >= 0.6 is 11.6 Å². The summed E-state index contributed by atoms with van der Waals surface area (Å²) in [7, 11) is 0. The molecule has 0 saturated heterocycles. The highest BCUT2D eigenvalue weighted by Gasteiger charge is 2.12. The van der Waals surface area contributed by atoms with E-state index in [0.717, 1.165) is 11.1 Å². The fourth-order valence-corrected chi connectivity index (χ4v) is 3.06. The first-order valence-electron chi connectivity index (χ1n) is 8.76. The second-order valence-corrected chi connectivity index (χ2v) is 6.73.